The minimum absolute atomic E-state index is 0.0905. The average molecular weight is 456 g/mol. The van der Waals surface area contributed by atoms with Crippen molar-refractivity contribution in [2.75, 3.05) is 21.1 Å². The third kappa shape index (κ3) is 5.87. The van der Waals surface area contributed by atoms with Gasteiger partial charge in [-0.3, -0.25) is 13.6 Å². The van der Waals surface area contributed by atoms with Gasteiger partial charge in [-0.1, -0.05) is 18.2 Å². The number of benzene rings is 2. The Kier molecular flexibility index (Phi) is 6.55. The molecule has 0 aliphatic carbocycles. The molecule has 0 atom stereocenters. The zero-order valence-corrected chi connectivity index (χ0v) is 18.2. The van der Waals surface area contributed by atoms with Crippen LogP contribution >= 0.6 is 12.2 Å². The number of quaternary nitrogens is 1. The fourth-order valence-corrected chi connectivity index (χ4v) is 4.00. The van der Waals surface area contributed by atoms with E-state index in [-0.39, 0.29) is 21.7 Å². The molecule has 2 aromatic rings. The van der Waals surface area contributed by atoms with Gasteiger partial charge in [0.25, 0.3) is 20.2 Å². The van der Waals surface area contributed by atoms with Crippen LogP contribution in [0.4, 0.5) is 11.4 Å². The molecule has 0 bridgehead atoms. The fraction of sp³-hybridized carbons (Fsp3) is 0.167. The molecule has 0 aliphatic rings. The van der Waals surface area contributed by atoms with Crippen LogP contribution in [0.3, 0.4) is 0 Å². The van der Waals surface area contributed by atoms with E-state index in [1.807, 2.05) is 21.1 Å². The van der Waals surface area contributed by atoms with Gasteiger partial charge in [0, 0.05) is 6.07 Å². The van der Waals surface area contributed by atoms with Crippen LogP contribution in [-0.2, 0) is 20.2 Å². The highest BCUT2D eigenvalue weighted by atomic mass is 32.2. The SMILES string of the molecule is C[N+](C)(C)c1ccc(/C=C/c2ccc(N=C=S)cc2S(=O)(=O)O)c(S(=O)(=O)O)c1. The topological polar surface area (TPSA) is 121 Å². The first-order valence-corrected chi connectivity index (χ1v) is 11.3. The monoisotopic (exact) mass is 455 g/mol. The van der Waals surface area contributed by atoms with Gasteiger partial charge in [-0.15, -0.1) is 0 Å². The number of isothiocyanates is 1. The van der Waals surface area contributed by atoms with Gasteiger partial charge in [-0.2, -0.15) is 21.8 Å². The van der Waals surface area contributed by atoms with E-state index < -0.39 is 25.1 Å². The second-order valence-electron chi connectivity index (χ2n) is 6.94. The molecule has 0 unspecified atom stereocenters. The van der Waals surface area contributed by atoms with Crippen LogP contribution in [-0.4, -0.2) is 52.2 Å². The van der Waals surface area contributed by atoms with Crippen LogP contribution in [0.2, 0.25) is 0 Å². The van der Waals surface area contributed by atoms with Crippen molar-refractivity contribution in [3.8, 4) is 0 Å². The van der Waals surface area contributed by atoms with E-state index in [0.29, 0.717) is 10.2 Å². The Morgan fingerprint density at radius 3 is 1.83 bits per heavy atom. The quantitative estimate of drug-likeness (QED) is 0.225. The van der Waals surface area contributed by atoms with Gasteiger partial charge in [0.1, 0.15) is 15.5 Å². The zero-order valence-electron chi connectivity index (χ0n) is 15.8. The lowest BCUT2D eigenvalue weighted by molar-refractivity contribution is 0.476. The van der Waals surface area contributed by atoms with E-state index in [0.717, 1.165) is 6.07 Å². The van der Waals surface area contributed by atoms with E-state index >= 15 is 0 Å². The van der Waals surface area contributed by atoms with E-state index in [1.165, 1.54) is 36.4 Å². The summed E-state index contributed by atoms with van der Waals surface area (Å²) in [6.45, 7) is 0. The summed E-state index contributed by atoms with van der Waals surface area (Å²) in [5, 5.41) is 2.10. The maximum Gasteiger partial charge on any atom is 0.295 e. The average Bonchev–Trinajstić information content (AvgIpc) is 2.58. The standard InChI is InChI=1S/C18H18N2O6S3/c1-20(2,3)16-9-7-14(18(11-16)29(24,25)26)5-4-13-6-8-15(19-12-27)10-17(13)28(21,22)23/h4-11H,1-3H3,(H-,21,22,23,24,25,26)/p+1/b5-4+. The van der Waals surface area contributed by atoms with Crippen molar-refractivity contribution in [2.24, 2.45) is 4.99 Å². The third-order valence-corrected chi connectivity index (χ3v) is 5.85. The molecule has 11 heteroatoms. The Labute approximate surface area is 174 Å². The molecule has 0 heterocycles. The minimum atomic E-state index is -4.59. The summed E-state index contributed by atoms with van der Waals surface area (Å²) >= 11 is 4.48. The van der Waals surface area contributed by atoms with E-state index in [2.05, 4.69) is 22.4 Å². The molecule has 0 fully saturated rings. The van der Waals surface area contributed by atoms with E-state index in [1.54, 1.807) is 6.07 Å². The molecule has 0 aromatic heterocycles. The highest BCUT2D eigenvalue weighted by Gasteiger charge is 2.21. The maximum atomic E-state index is 11.8. The number of nitrogens with zero attached hydrogens (tertiary/aromatic N) is 2. The molecule has 29 heavy (non-hydrogen) atoms. The molecule has 0 radical (unpaired) electrons. The first-order chi connectivity index (χ1) is 13.2. The van der Waals surface area contributed by atoms with Crippen LogP contribution in [0.25, 0.3) is 12.2 Å². The van der Waals surface area contributed by atoms with Crippen molar-refractivity contribution in [1.29, 1.82) is 0 Å². The normalized spacial score (nSPS) is 12.7. The van der Waals surface area contributed by atoms with Gasteiger partial charge in [0.05, 0.1) is 32.0 Å². The summed E-state index contributed by atoms with van der Waals surface area (Å²) in [5.74, 6) is 0. The van der Waals surface area contributed by atoms with Crippen molar-refractivity contribution in [3.63, 3.8) is 0 Å². The van der Waals surface area contributed by atoms with Crippen LogP contribution in [0.1, 0.15) is 11.1 Å². The lowest BCUT2D eigenvalue weighted by Crippen LogP contribution is -2.34. The van der Waals surface area contributed by atoms with Gasteiger partial charge in [-0.25, -0.2) is 0 Å². The maximum absolute atomic E-state index is 11.8. The highest BCUT2D eigenvalue weighted by Crippen LogP contribution is 2.28. The van der Waals surface area contributed by atoms with E-state index in [9.17, 15) is 25.9 Å². The minimum Gasteiger partial charge on any atom is -0.298 e. The summed E-state index contributed by atoms with van der Waals surface area (Å²) in [5.41, 5.74) is 1.05. The van der Waals surface area contributed by atoms with Gasteiger partial charge in [0.2, 0.25) is 0 Å². The largest absolute Gasteiger partial charge is 0.298 e. The predicted octanol–water partition coefficient (Wildman–Crippen LogP) is 3.28. The lowest BCUT2D eigenvalue weighted by atomic mass is 10.1. The molecule has 0 spiro atoms. The zero-order chi connectivity index (χ0) is 22.0. The molecule has 2 aromatic carbocycles. The summed E-state index contributed by atoms with van der Waals surface area (Å²) in [6.07, 6.45) is 2.64. The molecule has 0 saturated heterocycles. The molecular weight excluding hydrogens is 436 g/mol. The Morgan fingerprint density at radius 1 is 0.897 bits per heavy atom. The first kappa shape index (κ1) is 23.0. The second kappa shape index (κ2) is 8.25. The van der Waals surface area contributed by atoms with Gasteiger partial charge >= 0.3 is 0 Å². The molecular formula is C18H19N2O6S3+. The Balaban J connectivity index is 2.64. The van der Waals surface area contributed by atoms with Crippen molar-refractivity contribution >= 4 is 61.1 Å². The first-order valence-electron chi connectivity index (χ1n) is 8.04. The summed E-state index contributed by atoms with van der Waals surface area (Å²) in [4.78, 5) is 2.91. The number of rotatable bonds is 6. The highest BCUT2D eigenvalue weighted by molar-refractivity contribution is 7.86. The third-order valence-electron chi connectivity index (χ3n) is 3.94. The lowest BCUT2D eigenvalue weighted by Gasteiger charge is -2.24. The van der Waals surface area contributed by atoms with Crippen molar-refractivity contribution < 1.29 is 25.9 Å². The van der Waals surface area contributed by atoms with E-state index in [4.69, 9.17) is 0 Å². The molecule has 0 amide bonds. The van der Waals surface area contributed by atoms with Crippen LogP contribution in [0.15, 0.2) is 51.2 Å². The molecule has 2 N–H and O–H groups in total. The predicted molar refractivity (Wildman–Crippen MR) is 116 cm³/mol. The molecule has 8 nitrogen and oxygen atoms in total. The number of hydrogen-bond donors (Lipinski definition) is 2. The van der Waals surface area contributed by atoms with Crippen molar-refractivity contribution in [1.82, 2.24) is 4.48 Å². The van der Waals surface area contributed by atoms with Crippen LogP contribution < -0.4 is 4.48 Å². The number of hydrogen-bond acceptors (Lipinski definition) is 6. The van der Waals surface area contributed by atoms with Crippen LogP contribution in [0, 0.1) is 0 Å². The van der Waals surface area contributed by atoms with Crippen molar-refractivity contribution in [3.05, 3.63) is 47.5 Å². The number of aliphatic imine (C=N–C) groups is 1. The second-order valence-corrected chi connectivity index (χ2v) is 9.91. The van der Waals surface area contributed by atoms with Gasteiger partial charge in [0.15, 0.2) is 0 Å². The summed E-state index contributed by atoms with van der Waals surface area (Å²) < 4.78 is 66.5. The van der Waals surface area contributed by atoms with Crippen molar-refractivity contribution in [2.45, 2.75) is 9.79 Å². The summed E-state index contributed by atoms with van der Waals surface area (Å²) in [7, 11) is -3.62. The Hall–Kier alpha value is -2.24. The van der Waals surface area contributed by atoms with Crippen LogP contribution in [0.5, 0.6) is 0 Å². The molecule has 0 saturated carbocycles. The summed E-state index contributed by atoms with van der Waals surface area (Å²) in [6, 6.07) is 8.47. The number of thiocarbonyl (C=S) groups is 1. The molecule has 0 aliphatic heterocycles. The van der Waals surface area contributed by atoms with Gasteiger partial charge in [-0.05, 0) is 47.6 Å². The molecule has 154 valence electrons. The fourth-order valence-electron chi connectivity index (χ4n) is 2.49. The van der Waals surface area contributed by atoms with Gasteiger partial charge < -0.3 is 0 Å². The Morgan fingerprint density at radius 2 is 1.38 bits per heavy atom. The Bertz CT molecular complexity index is 1240. The smallest absolute Gasteiger partial charge is 0.295 e. The molecule has 2 rings (SSSR count).